The Morgan fingerprint density at radius 3 is 2.00 bits per heavy atom. The molecule has 0 aromatic rings. The zero-order valence-corrected chi connectivity index (χ0v) is 7.41. The topological polar surface area (TPSA) is 60.2 Å². The van der Waals surface area contributed by atoms with Gasteiger partial charge in [0.25, 0.3) is 0 Å². The largest absolute Gasteiger partial charge is 0.327 e. The van der Waals surface area contributed by atoms with Crippen LogP contribution in [0.25, 0.3) is 0 Å². The fraction of sp³-hybridized carbons (Fsp3) is 1.00. The molecule has 62 valence electrons. The molecule has 1 rings (SSSR count). The van der Waals surface area contributed by atoms with Gasteiger partial charge in [-0.25, -0.2) is 8.42 Å². The lowest BCUT2D eigenvalue weighted by atomic mass is 10.1. The van der Waals surface area contributed by atoms with E-state index in [-0.39, 0.29) is 35.9 Å². The van der Waals surface area contributed by atoms with Crippen LogP contribution in [0.5, 0.6) is 0 Å². The van der Waals surface area contributed by atoms with Crippen molar-refractivity contribution in [3.63, 3.8) is 0 Å². The van der Waals surface area contributed by atoms with Crippen molar-refractivity contribution in [2.45, 2.75) is 13.0 Å². The molecule has 1 aliphatic heterocycles. The molecule has 0 bridgehead atoms. The quantitative estimate of drug-likeness (QED) is 0.569. The fourth-order valence-corrected chi connectivity index (χ4v) is 3.15. The molecule has 0 radical (unpaired) electrons. The Kier molecular flexibility index (Phi) is 3.13. The Morgan fingerprint density at radius 1 is 1.40 bits per heavy atom. The third kappa shape index (κ3) is 2.11. The van der Waals surface area contributed by atoms with Crippen molar-refractivity contribution >= 4 is 22.2 Å². The van der Waals surface area contributed by atoms with Gasteiger partial charge >= 0.3 is 0 Å². The minimum atomic E-state index is -2.77. The maximum atomic E-state index is 10.8. The predicted molar refractivity (Wildman–Crippen MR) is 43.0 cm³/mol. The highest BCUT2D eigenvalue weighted by Gasteiger charge is 2.31. The van der Waals surface area contributed by atoms with E-state index in [0.717, 1.165) is 0 Å². The minimum Gasteiger partial charge on any atom is -0.327 e. The van der Waals surface area contributed by atoms with Crippen LogP contribution in [0.3, 0.4) is 0 Å². The SMILES string of the molecule is C[C@@H]1CS(=O)(=O)C[C@@H]1N.Cl. The summed E-state index contributed by atoms with van der Waals surface area (Å²) in [6.45, 7) is 1.87. The molecule has 0 spiro atoms. The van der Waals surface area contributed by atoms with Gasteiger partial charge in [-0.2, -0.15) is 0 Å². The fourth-order valence-electron chi connectivity index (χ4n) is 1.05. The molecule has 2 atom stereocenters. The number of hydrogen-bond acceptors (Lipinski definition) is 3. The molecule has 0 aromatic heterocycles. The monoisotopic (exact) mass is 185 g/mol. The van der Waals surface area contributed by atoms with Gasteiger partial charge in [-0.1, -0.05) is 6.92 Å². The second-order valence-corrected chi connectivity index (χ2v) is 4.87. The molecule has 1 heterocycles. The van der Waals surface area contributed by atoms with Crippen LogP contribution in [0.1, 0.15) is 6.92 Å². The summed E-state index contributed by atoms with van der Waals surface area (Å²) in [4.78, 5) is 0. The Bertz CT molecular complexity index is 186. The van der Waals surface area contributed by atoms with Crippen LogP contribution in [0.2, 0.25) is 0 Å². The minimum absolute atomic E-state index is 0. The van der Waals surface area contributed by atoms with Crippen LogP contribution in [0.15, 0.2) is 0 Å². The Balaban J connectivity index is 0.000000810. The summed E-state index contributed by atoms with van der Waals surface area (Å²) in [6, 6.07) is -0.130. The van der Waals surface area contributed by atoms with Crippen molar-refractivity contribution in [1.29, 1.82) is 0 Å². The first-order chi connectivity index (χ1) is 4.01. The lowest BCUT2D eigenvalue weighted by Crippen LogP contribution is -2.26. The molecule has 3 nitrogen and oxygen atoms in total. The van der Waals surface area contributed by atoms with E-state index < -0.39 is 9.84 Å². The third-order valence-electron chi connectivity index (χ3n) is 1.69. The molecule has 10 heavy (non-hydrogen) atoms. The van der Waals surface area contributed by atoms with Gasteiger partial charge in [-0.15, -0.1) is 12.4 Å². The van der Waals surface area contributed by atoms with Gasteiger partial charge in [-0.05, 0) is 5.92 Å². The van der Waals surface area contributed by atoms with Crippen molar-refractivity contribution in [2.75, 3.05) is 11.5 Å². The summed E-state index contributed by atoms with van der Waals surface area (Å²) < 4.78 is 21.5. The summed E-state index contributed by atoms with van der Waals surface area (Å²) in [5, 5.41) is 0. The summed E-state index contributed by atoms with van der Waals surface area (Å²) in [7, 11) is -2.77. The first-order valence-electron chi connectivity index (χ1n) is 2.97. The summed E-state index contributed by atoms with van der Waals surface area (Å²) in [5.74, 6) is 0.595. The van der Waals surface area contributed by atoms with Gasteiger partial charge in [0.1, 0.15) is 0 Å². The molecule has 0 unspecified atom stereocenters. The molecule has 0 aliphatic carbocycles. The third-order valence-corrected chi connectivity index (χ3v) is 3.62. The molecule has 5 heteroatoms. The molecule has 0 amide bonds. The lowest BCUT2D eigenvalue weighted by molar-refractivity contribution is 0.566. The van der Waals surface area contributed by atoms with Crippen molar-refractivity contribution in [2.24, 2.45) is 11.7 Å². The lowest BCUT2D eigenvalue weighted by Gasteiger charge is -2.02. The van der Waals surface area contributed by atoms with E-state index in [4.69, 9.17) is 5.73 Å². The van der Waals surface area contributed by atoms with Crippen LogP contribution in [-0.2, 0) is 9.84 Å². The average molecular weight is 186 g/mol. The van der Waals surface area contributed by atoms with Crippen LogP contribution < -0.4 is 5.73 Å². The molecule has 0 aromatic carbocycles. The van der Waals surface area contributed by atoms with Gasteiger partial charge in [0.05, 0.1) is 11.5 Å². The van der Waals surface area contributed by atoms with Crippen molar-refractivity contribution in [3.8, 4) is 0 Å². The maximum absolute atomic E-state index is 10.8. The molecule has 2 N–H and O–H groups in total. The van der Waals surface area contributed by atoms with E-state index in [1.807, 2.05) is 6.92 Å². The van der Waals surface area contributed by atoms with Crippen molar-refractivity contribution in [1.82, 2.24) is 0 Å². The molecule has 0 saturated carbocycles. The van der Waals surface area contributed by atoms with E-state index in [0.29, 0.717) is 0 Å². The smallest absolute Gasteiger partial charge is 0.152 e. The number of sulfone groups is 1. The van der Waals surface area contributed by atoms with Crippen LogP contribution in [-0.4, -0.2) is 26.0 Å². The van der Waals surface area contributed by atoms with Crippen LogP contribution >= 0.6 is 12.4 Å². The zero-order chi connectivity index (χ0) is 7.07. The highest BCUT2D eigenvalue weighted by molar-refractivity contribution is 7.91. The summed E-state index contributed by atoms with van der Waals surface area (Å²) >= 11 is 0. The van der Waals surface area contributed by atoms with E-state index in [1.54, 1.807) is 0 Å². The zero-order valence-electron chi connectivity index (χ0n) is 5.78. The standard InChI is InChI=1S/C5H11NO2S.ClH/c1-4-2-9(7,8)3-5(4)6;/h4-5H,2-3,6H2,1H3;1H/t4-,5+;/m1./s1. The van der Waals surface area contributed by atoms with E-state index in [2.05, 4.69) is 0 Å². The normalized spacial score (nSPS) is 37.0. The first kappa shape index (κ1) is 10.2. The number of halogens is 1. The predicted octanol–water partition coefficient (Wildman–Crippen LogP) is -0.200. The van der Waals surface area contributed by atoms with Crippen molar-refractivity contribution in [3.05, 3.63) is 0 Å². The number of nitrogens with two attached hydrogens (primary N) is 1. The van der Waals surface area contributed by atoms with Gasteiger partial charge in [0.2, 0.25) is 0 Å². The Hall–Kier alpha value is 0.200. The molecule has 1 fully saturated rings. The van der Waals surface area contributed by atoms with Crippen LogP contribution in [0.4, 0.5) is 0 Å². The summed E-state index contributed by atoms with van der Waals surface area (Å²) in [5.41, 5.74) is 5.47. The average Bonchev–Trinajstić information content (AvgIpc) is 1.79. The van der Waals surface area contributed by atoms with Gasteiger partial charge in [0, 0.05) is 6.04 Å². The highest BCUT2D eigenvalue weighted by atomic mass is 35.5. The first-order valence-corrected chi connectivity index (χ1v) is 4.79. The van der Waals surface area contributed by atoms with E-state index in [9.17, 15) is 8.42 Å². The van der Waals surface area contributed by atoms with Crippen LogP contribution in [0, 0.1) is 5.92 Å². The van der Waals surface area contributed by atoms with E-state index >= 15 is 0 Å². The Morgan fingerprint density at radius 2 is 1.90 bits per heavy atom. The van der Waals surface area contributed by atoms with Crippen molar-refractivity contribution < 1.29 is 8.42 Å². The molecular formula is C5H12ClNO2S. The van der Waals surface area contributed by atoms with Gasteiger partial charge in [-0.3, -0.25) is 0 Å². The molecular weight excluding hydrogens is 174 g/mol. The summed E-state index contributed by atoms with van der Waals surface area (Å²) in [6.07, 6.45) is 0. The van der Waals surface area contributed by atoms with Gasteiger partial charge in [0.15, 0.2) is 9.84 Å². The number of rotatable bonds is 0. The highest BCUT2D eigenvalue weighted by Crippen LogP contribution is 2.15. The van der Waals surface area contributed by atoms with Gasteiger partial charge < -0.3 is 5.73 Å². The number of hydrogen-bond donors (Lipinski definition) is 1. The second-order valence-electron chi connectivity index (χ2n) is 2.72. The van der Waals surface area contributed by atoms with E-state index in [1.165, 1.54) is 0 Å². The maximum Gasteiger partial charge on any atom is 0.152 e. The molecule has 1 aliphatic rings. The Labute approximate surface area is 67.3 Å². The second kappa shape index (κ2) is 3.07. The molecule has 1 saturated heterocycles.